The van der Waals surface area contributed by atoms with Crippen LogP contribution in [-0.4, -0.2) is 17.3 Å². The van der Waals surface area contributed by atoms with Crippen LogP contribution in [0.15, 0.2) is 30.5 Å². The summed E-state index contributed by atoms with van der Waals surface area (Å²) in [4.78, 5) is 0. The molecule has 0 spiro atoms. The molecule has 0 aliphatic carbocycles. The Bertz CT molecular complexity index is 528. The molecule has 0 aliphatic heterocycles. The summed E-state index contributed by atoms with van der Waals surface area (Å²) in [6.07, 6.45) is 3.13. The minimum Gasteiger partial charge on any atom is -0.379 e. The molecule has 1 aromatic heterocycles. The lowest BCUT2D eigenvalue weighted by atomic mass is 10.1. The highest BCUT2D eigenvalue weighted by molar-refractivity contribution is 5.80. The molecule has 1 heterocycles. The molecule has 0 fully saturated rings. The third kappa shape index (κ3) is 2.74. The normalized spacial score (nSPS) is 12.2. The van der Waals surface area contributed by atoms with Crippen molar-refractivity contribution in [1.82, 2.24) is 4.57 Å². The Balaban J connectivity index is 2.19. The summed E-state index contributed by atoms with van der Waals surface area (Å²) in [5.41, 5.74) is 8.02. The van der Waals surface area contributed by atoms with Crippen LogP contribution in [0.5, 0.6) is 0 Å². The molecule has 0 bridgehead atoms. The summed E-state index contributed by atoms with van der Waals surface area (Å²) < 4.78 is 7.73. The van der Waals surface area contributed by atoms with Gasteiger partial charge in [-0.25, -0.2) is 0 Å². The highest BCUT2D eigenvalue weighted by atomic mass is 16.5. The number of fused-ring (bicyclic) bond motifs is 1. The predicted octanol–water partition coefficient (Wildman–Crippen LogP) is 2.92. The summed E-state index contributed by atoms with van der Waals surface area (Å²) in [5, 5.41) is 1.26. The Morgan fingerprint density at radius 2 is 2.06 bits per heavy atom. The third-order valence-electron chi connectivity index (χ3n) is 3.58. The van der Waals surface area contributed by atoms with Crippen LogP contribution in [0.3, 0.4) is 0 Å². The van der Waals surface area contributed by atoms with E-state index < -0.39 is 0 Å². The lowest BCUT2D eigenvalue weighted by molar-refractivity contribution is 0.0123. The fourth-order valence-corrected chi connectivity index (χ4v) is 2.06. The maximum Gasteiger partial charge on any atom is 0.0639 e. The van der Waals surface area contributed by atoms with Gasteiger partial charge in [-0.05, 0) is 49.4 Å². The molecule has 1 aromatic carbocycles. The molecule has 2 aromatic rings. The van der Waals surface area contributed by atoms with Crippen LogP contribution in [0, 0.1) is 0 Å². The zero-order valence-electron chi connectivity index (χ0n) is 11.4. The molecule has 0 atom stereocenters. The van der Waals surface area contributed by atoms with Crippen molar-refractivity contribution < 1.29 is 4.74 Å². The van der Waals surface area contributed by atoms with Crippen LogP contribution in [0.25, 0.3) is 10.9 Å². The van der Waals surface area contributed by atoms with Crippen LogP contribution in [0.2, 0.25) is 0 Å². The first-order valence-corrected chi connectivity index (χ1v) is 6.39. The monoisotopic (exact) mass is 246 g/mol. The Kier molecular flexibility index (Phi) is 3.73. The summed E-state index contributed by atoms with van der Waals surface area (Å²) >= 11 is 0. The van der Waals surface area contributed by atoms with E-state index in [1.54, 1.807) is 7.11 Å². The van der Waals surface area contributed by atoms with Crippen LogP contribution < -0.4 is 5.73 Å². The van der Waals surface area contributed by atoms with Gasteiger partial charge >= 0.3 is 0 Å². The van der Waals surface area contributed by atoms with Crippen molar-refractivity contribution in [2.45, 2.75) is 39.0 Å². The second-order valence-electron chi connectivity index (χ2n) is 5.32. The molecule has 0 unspecified atom stereocenters. The molecule has 98 valence electrons. The summed E-state index contributed by atoms with van der Waals surface area (Å²) in [7, 11) is 1.77. The Morgan fingerprint density at radius 1 is 1.28 bits per heavy atom. The minimum atomic E-state index is -0.0756. The Labute approximate surface area is 109 Å². The molecular formula is C15H22N2O. The molecular weight excluding hydrogens is 224 g/mol. The third-order valence-corrected chi connectivity index (χ3v) is 3.58. The van der Waals surface area contributed by atoms with Crippen LogP contribution >= 0.6 is 0 Å². The quantitative estimate of drug-likeness (QED) is 0.881. The topological polar surface area (TPSA) is 40.2 Å². The lowest BCUT2D eigenvalue weighted by Crippen LogP contribution is -2.24. The van der Waals surface area contributed by atoms with E-state index in [0.29, 0.717) is 6.54 Å². The van der Waals surface area contributed by atoms with Gasteiger partial charge in [0.2, 0.25) is 0 Å². The van der Waals surface area contributed by atoms with E-state index in [9.17, 15) is 0 Å². The number of nitrogens with zero attached hydrogens (tertiary/aromatic N) is 1. The largest absolute Gasteiger partial charge is 0.379 e. The minimum absolute atomic E-state index is 0.0756. The smallest absolute Gasteiger partial charge is 0.0639 e. The molecule has 0 saturated heterocycles. The molecule has 3 heteroatoms. The molecule has 2 rings (SSSR count). The van der Waals surface area contributed by atoms with Gasteiger partial charge in [0.25, 0.3) is 0 Å². The summed E-state index contributed by atoms with van der Waals surface area (Å²) in [5.74, 6) is 0. The van der Waals surface area contributed by atoms with Gasteiger partial charge in [0.15, 0.2) is 0 Å². The molecule has 0 aliphatic rings. The Morgan fingerprint density at radius 3 is 2.72 bits per heavy atom. The van der Waals surface area contributed by atoms with Crippen molar-refractivity contribution in [3.8, 4) is 0 Å². The number of aromatic nitrogens is 1. The van der Waals surface area contributed by atoms with Gasteiger partial charge in [0, 0.05) is 31.9 Å². The van der Waals surface area contributed by atoms with E-state index >= 15 is 0 Å². The van der Waals surface area contributed by atoms with Crippen molar-refractivity contribution in [2.75, 3.05) is 7.11 Å². The average Bonchev–Trinajstić information content (AvgIpc) is 2.78. The van der Waals surface area contributed by atoms with Crippen LogP contribution in [0.1, 0.15) is 25.8 Å². The maximum absolute atomic E-state index is 5.66. The van der Waals surface area contributed by atoms with Gasteiger partial charge in [0.1, 0.15) is 0 Å². The number of hydrogen-bond acceptors (Lipinski definition) is 2. The zero-order chi connectivity index (χ0) is 13.2. The highest BCUT2D eigenvalue weighted by Gasteiger charge is 2.16. The molecule has 2 N–H and O–H groups in total. The standard InChI is InChI=1S/C15H22N2O/c1-15(2,18-3)7-9-17-8-6-13-10-12(11-16)4-5-14(13)17/h4-6,8,10H,7,9,11,16H2,1-3H3. The molecule has 18 heavy (non-hydrogen) atoms. The number of rotatable bonds is 5. The second-order valence-corrected chi connectivity index (χ2v) is 5.32. The predicted molar refractivity (Wildman–Crippen MR) is 75.5 cm³/mol. The van der Waals surface area contributed by atoms with E-state index in [0.717, 1.165) is 13.0 Å². The van der Waals surface area contributed by atoms with Crippen molar-refractivity contribution >= 4 is 10.9 Å². The number of benzene rings is 1. The van der Waals surface area contributed by atoms with E-state index in [-0.39, 0.29) is 5.60 Å². The van der Waals surface area contributed by atoms with Crippen LogP contribution in [-0.2, 0) is 17.8 Å². The molecule has 0 saturated carbocycles. The summed E-state index contributed by atoms with van der Waals surface area (Å²) in [6.45, 7) is 5.79. The van der Waals surface area contributed by atoms with Gasteiger partial charge in [-0.15, -0.1) is 0 Å². The summed E-state index contributed by atoms with van der Waals surface area (Å²) in [6, 6.07) is 8.55. The van der Waals surface area contributed by atoms with Crippen molar-refractivity contribution in [3.05, 3.63) is 36.0 Å². The number of methoxy groups -OCH3 is 1. The zero-order valence-corrected chi connectivity index (χ0v) is 11.4. The number of aryl methyl sites for hydroxylation is 1. The lowest BCUT2D eigenvalue weighted by Gasteiger charge is -2.23. The fourth-order valence-electron chi connectivity index (χ4n) is 2.06. The van der Waals surface area contributed by atoms with Crippen LogP contribution in [0.4, 0.5) is 0 Å². The van der Waals surface area contributed by atoms with Gasteiger partial charge in [-0.1, -0.05) is 6.07 Å². The first-order chi connectivity index (χ1) is 8.55. The Hall–Kier alpha value is -1.32. The van der Waals surface area contributed by atoms with E-state index in [4.69, 9.17) is 10.5 Å². The fraction of sp³-hybridized carbons (Fsp3) is 0.467. The number of hydrogen-bond donors (Lipinski definition) is 1. The van der Waals surface area contributed by atoms with E-state index in [2.05, 4.69) is 48.9 Å². The van der Waals surface area contributed by atoms with Gasteiger partial charge in [-0.3, -0.25) is 0 Å². The van der Waals surface area contributed by atoms with Crippen molar-refractivity contribution in [2.24, 2.45) is 5.73 Å². The first kappa shape index (κ1) is 13.1. The maximum atomic E-state index is 5.66. The highest BCUT2D eigenvalue weighted by Crippen LogP contribution is 2.20. The van der Waals surface area contributed by atoms with Crippen molar-refractivity contribution in [3.63, 3.8) is 0 Å². The SMILES string of the molecule is COC(C)(C)CCn1ccc2cc(CN)ccc21. The number of nitrogens with two attached hydrogens (primary N) is 1. The molecule has 0 radical (unpaired) electrons. The van der Waals surface area contributed by atoms with E-state index in [1.165, 1.54) is 16.5 Å². The van der Waals surface area contributed by atoms with E-state index in [1.807, 2.05) is 0 Å². The second kappa shape index (κ2) is 5.12. The van der Waals surface area contributed by atoms with Gasteiger partial charge in [0.05, 0.1) is 5.60 Å². The van der Waals surface area contributed by atoms with Crippen molar-refractivity contribution in [1.29, 1.82) is 0 Å². The van der Waals surface area contributed by atoms with Gasteiger partial charge < -0.3 is 15.0 Å². The average molecular weight is 246 g/mol. The molecule has 0 amide bonds. The first-order valence-electron chi connectivity index (χ1n) is 6.39. The molecule has 3 nitrogen and oxygen atoms in total. The van der Waals surface area contributed by atoms with Gasteiger partial charge in [-0.2, -0.15) is 0 Å². The number of ether oxygens (including phenoxy) is 1.